The van der Waals surface area contributed by atoms with Crippen LogP contribution in [0.1, 0.15) is 81.1 Å². The van der Waals surface area contributed by atoms with Gasteiger partial charge in [0.2, 0.25) is 0 Å². The zero-order chi connectivity index (χ0) is 20.1. The van der Waals surface area contributed by atoms with Gasteiger partial charge >= 0.3 is 5.69 Å². The number of nitrogens with zero attached hydrogens (tertiary/aromatic N) is 3. The molecular formula is C22H28N4O3. The van der Waals surface area contributed by atoms with Gasteiger partial charge in [0, 0.05) is 24.3 Å². The molecule has 0 spiro atoms. The summed E-state index contributed by atoms with van der Waals surface area (Å²) in [6, 6.07) is 2.34. The van der Waals surface area contributed by atoms with Gasteiger partial charge in [-0.05, 0) is 63.4 Å². The topological polar surface area (TPSA) is 88.1 Å². The Morgan fingerprint density at radius 1 is 1.10 bits per heavy atom. The minimum Gasteiger partial charge on any atom is -0.333 e. The number of fused-ring (bicyclic) bond motifs is 1. The van der Waals surface area contributed by atoms with E-state index < -0.39 is 11.2 Å². The quantitative estimate of drug-likeness (QED) is 0.841. The van der Waals surface area contributed by atoms with Gasteiger partial charge < -0.3 is 4.90 Å². The molecule has 7 nitrogen and oxygen atoms in total. The summed E-state index contributed by atoms with van der Waals surface area (Å²) in [6.45, 7) is 2.24. The molecule has 2 heterocycles. The maximum absolute atomic E-state index is 13.4. The number of pyridine rings is 1. The second-order valence-corrected chi connectivity index (χ2v) is 8.98. The number of aromatic nitrogens is 3. The number of carbonyl (C=O) groups is 1. The standard InChI is InChI=1S/C22H28N4O3/c1-2-13-3-5-15(6-4-13)25(16-7-8-16)21(28)14-11-18-19(23-12-14)26(17-9-10-17)22(29)24-20(18)27/h11-13,15-17H,2-10H2,1H3,(H,24,27,29). The van der Waals surface area contributed by atoms with Crippen molar-refractivity contribution < 1.29 is 4.79 Å². The molecular weight excluding hydrogens is 368 g/mol. The Balaban J connectivity index is 1.48. The molecule has 0 unspecified atom stereocenters. The van der Waals surface area contributed by atoms with Crippen LogP contribution >= 0.6 is 0 Å². The van der Waals surface area contributed by atoms with E-state index in [-0.39, 0.29) is 18.0 Å². The number of carbonyl (C=O) groups excluding carboxylic acids is 1. The Morgan fingerprint density at radius 2 is 1.76 bits per heavy atom. The zero-order valence-electron chi connectivity index (χ0n) is 16.9. The lowest BCUT2D eigenvalue weighted by molar-refractivity contribution is 0.0587. The Bertz CT molecular complexity index is 1060. The van der Waals surface area contributed by atoms with E-state index in [1.165, 1.54) is 19.3 Å². The van der Waals surface area contributed by atoms with Crippen LogP contribution in [0.2, 0.25) is 0 Å². The zero-order valence-corrected chi connectivity index (χ0v) is 16.9. The molecule has 7 heteroatoms. The van der Waals surface area contributed by atoms with E-state index in [4.69, 9.17) is 0 Å². The molecule has 3 aliphatic rings. The van der Waals surface area contributed by atoms with Crippen LogP contribution in [0.25, 0.3) is 11.0 Å². The molecule has 0 radical (unpaired) electrons. The van der Waals surface area contributed by atoms with Gasteiger partial charge in [0.1, 0.15) is 5.65 Å². The molecule has 29 heavy (non-hydrogen) atoms. The summed E-state index contributed by atoms with van der Waals surface area (Å²) < 4.78 is 1.57. The van der Waals surface area contributed by atoms with E-state index in [1.807, 2.05) is 0 Å². The number of hydrogen-bond donors (Lipinski definition) is 1. The van der Waals surface area contributed by atoms with Crippen molar-refractivity contribution in [1.29, 1.82) is 0 Å². The molecule has 0 saturated heterocycles. The summed E-state index contributed by atoms with van der Waals surface area (Å²) in [4.78, 5) is 46.9. The summed E-state index contributed by atoms with van der Waals surface area (Å²) in [5, 5.41) is 0.327. The normalized spacial score (nSPS) is 24.6. The summed E-state index contributed by atoms with van der Waals surface area (Å²) >= 11 is 0. The second-order valence-electron chi connectivity index (χ2n) is 8.98. The Labute approximate surface area is 169 Å². The van der Waals surface area contributed by atoms with Crippen molar-refractivity contribution in [3.63, 3.8) is 0 Å². The van der Waals surface area contributed by atoms with Crippen molar-refractivity contribution in [3.8, 4) is 0 Å². The molecule has 2 aromatic rings. The Kier molecular flexibility index (Phi) is 4.56. The van der Waals surface area contributed by atoms with Gasteiger partial charge in [-0.3, -0.25) is 19.1 Å². The number of hydrogen-bond acceptors (Lipinski definition) is 4. The molecule has 0 aliphatic heterocycles. The molecule has 1 amide bonds. The van der Waals surface area contributed by atoms with E-state index in [0.717, 1.165) is 44.4 Å². The third kappa shape index (κ3) is 3.40. The maximum Gasteiger partial charge on any atom is 0.330 e. The highest BCUT2D eigenvalue weighted by molar-refractivity contribution is 5.97. The van der Waals surface area contributed by atoms with E-state index in [9.17, 15) is 14.4 Å². The summed E-state index contributed by atoms with van der Waals surface area (Å²) in [5.41, 5.74) is -0.0397. The highest BCUT2D eigenvalue weighted by Gasteiger charge is 2.39. The predicted octanol–water partition coefficient (Wildman–Crippen LogP) is 2.99. The first-order chi connectivity index (χ1) is 14.1. The molecule has 3 saturated carbocycles. The Morgan fingerprint density at radius 3 is 2.34 bits per heavy atom. The van der Waals surface area contributed by atoms with Crippen molar-refractivity contribution in [2.75, 3.05) is 0 Å². The highest BCUT2D eigenvalue weighted by Crippen LogP contribution is 2.37. The average Bonchev–Trinajstić information content (AvgIpc) is 3.63. The summed E-state index contributed by atoms with van der Waals surface area (Å²) in [6.07, 6.45) is 11.2. The monoisotopic (exact) mass is 396 g/mol. The number of rotatable bonds is 5. The first-order valence-electron chi connectivity index (χ1n) is 11.0. The van der Waals surface area contributed by atoms with Gasteiger partial charge in [0.15, 0.2) is 0 Å². The van der Waals surface area contributed by atoms with Crippen LogP contribution in [0.4, 0.5) is 0 Å². The lowest BCUT2D eigenvalue weighted by Gasteiger charge is -2.37. The van der Waals surface area contributed by atoms with Gasteiger partial charge in [0.05, 0.1) is 10.9 Å². The van der Waals surface area contributed by atoms with Crippen molar-refractivity contribution in [3.05, 3.63) is 38.7 Å². The molecule has 0 aromatic carbocycles. The van der Waals surface area contributed by atoms with Crippen molar-refractivity contribution in [2.45, 2.75) is 82.8 Å². The van der Waals surface area contributed by atoms with E-state index in [2.05, 4.69) is 21.8 Å². The number of amides is 1. The fourth-order valence-electron chi connectivity index (χ4n) is 4.89. The largest absolute Gasteiger partial charge is 0.333 e. The third-order valence-corrected chi connectivity index (χ3v) is 6.90. The molecule has 154 valence electrons. The maximum atomic E-state index is 13.4. The van der Waals surface area contributed by atoms with Gasteiger partial charge in [-0.2, -0.15) is 0 Å². The van der Waals surface area contributed by atoms with E-state index in [0.29, 0.717) is 22.6 Å². The van der Waals surface area contributed by atoms with Crippen LogP contribution in [-0.4, -0.2) is 37.4 Å². The lowest BCUT2D eigenvalue weighted by Crippen LogP contribution is -2.44. The molecule has 3 aliphatic carbocycles. The minimum atomic E-state index is -0.467. The summed E-state index contributed by atoms with van der Waals surface area (Å²) in [5.74, 6) is 0.757. The first kappa shape index (κ1) is 18.6. The summed E-state index contributed by atoms with van der Waals surface area (Å²) in [7, 11) is 0. The number of aromatic amines is 1. The molecule has 2 aromatic heterocycles. The van der Waals surface area contributed by atoms with Crippen molar-refractivity contribution >= 4 is 16.9 Å². The molecule has 3 fully saturated rings. The van der Waals surface area contributed by atoms with E-state index >= 15 is 0 Å². The van der Waals surface area contributed by atoms with Crippen LogP contribution in [0, 0.1) is 5.92 Å². The Hall–Kier alpha value is -2.44. The third-order valence-electron chi connectivity index (χ3n) is 6.90. The van der Waals surface area contributed by atoms with Gasteiger partial charge in [0.25, 0.3) is 11.5 Å². The average molecular weight is 396 g/mol. The van der Waals surface area contributed by atoms with E-state index in [1.54, 1.807) is 16.8 Å². The molecule has 5 rings (SSSR count). The van der Waals surface area contributed by atoms with Crippen molar-refractivity contribution in [2.24, 2.45) is 5.92 Å². The molecule has 0 atom stereocenters. The fraction of sp³-hybridized carbons (Fsp3) is 0.636. The smallest absolute Gasteiger partial charge is 0.330 e. The first-order valence-corrected chi connectivity index (χ1v) is 11.0. The SMILES string of the molecule is CCC1CCC(N(C(=O)c2cnc3c(c2)c(=O)[nH]c(=O)n3C2CC2)C2CC2)CC1. The van der Waals surface area contributed by atoms with Crippen LogP contribution in [0.15, 0.2) is 21.9 Å². The second kappa shape index (κ2) is 7.11. The van der Waals surface area contributed by atoms with Gasteiger partial charge in [-0.1, -0.05) is 13.3 Å². The van der Waals surface area contributed by atoms with Crippen LogP contribution < -0.4 is 11.2 Å². The highest BCUT2D eigenvalue weighted by atomic mass is 16.2. The lowest BCUT2D eigenvalue weighted by atomic mass is 9.83. The number of H-pyrrole nitrogens is 1. The predicted molar refractivity (Wildman–Crippen MR) is 110 cm³/mol. The van der Waals surface area contributed by atoms with Gasteiger partial charge in [-0.25, -0.2) is 9.78 Å². The van der Waals surface area contributed by atoms with Crippen LogP contribution in [-0.2, 0) is 0 Å². The molecule has 0 bridgehead atoms. The van der Waals surface area contributed by atoms with Crippen LogP contribution in [0.5, 0.6) is 0 Å². The number of nitrogens with one attached hydrogen (secondary N) is 1. The fourth-order valence-corrected chi connectivity index (χ4v) is 4.89. The molecule has 1 N–H and O–H groups in total. The van der Waals surface area contributed by atoms with Gasteiger partial charge in [-0.15, -0.1) is 0 Å². The van der Waals surface area contributed by atoms with Crippen molar-refractivity contribution in [1.82, 2.24) is 19.4 Å². The minimum absolute atomic E-state index is 0.0228. The van der Waals surface area contributed by atoms with Crippen LogP contribution in [0.3, 0.4) is 0 Å².